The van der Waals surface area contributed by atoms with E-state index in [0.29, 0.717) is 17.0 Å². The minimum absolute atomic E-state index is 0.00652. The molecular formula is C41H27F2N5O4. The lowest BCUT2D eigenvalue weighted by Gasteiger charge is -2.12. The predicted molar refractivity (Wildman–Crippen MR) is 195 cm³/mol. The summed E-state index contributed by atoms with van der Waals surface area (Å²) in [5.74, 6) is -2.11. The molecule has 2 amide bonds. The summed E-state index contributed by atoms with van der Waals surface area (Å²) in [5, 5.41) is 9.08. The number of aromatic nitrogens is 3. The maximum Gasteiger partial charge on any atom is 0.365 e. The Hall–Kier alpha value is -7.14. The van der Waals surface area contributed by atoms with Gasteiger partial charge in [0.05, 0.1) is 5.69 Å². The van der Waals surface area contributed by atoms with Gasteiger partial charge in [0.2, 0.25) is 5.89 Å². The Kier molecular flexibility index (Phi) is 9.48. The van der Waals surface area contributed by atoms with Gasteiger partial charge < -0.3 is 15.1 Å². The Morgan fingerprint density at radius 1 is 0.673 bits per heavy atom. The van der Waals surface area contributed by atoms with Crippen molar-refractivity contribution in [2.45, 2.75) is 6.54 Å². The summed E-state index contributed by atoms with van der Waals surface area (Å²) in [4.78, 5) is 50.1. The van der Waals surface area contributed by atoms with Crippen LogP contribution in [-0.4, -0.2) is 26.8 Å². The molecule has 3 aromatic heterocycles. The third kappa shape index (κ3) is 7.24. The van der Waals surface area contributed by atoms with E-state index in [9.17, 15) is 23.2 Å². The number of fused-ring (bicyclic) bond motifs is 3. The molecule has 0 aliphatic rings. The molecule has 0 spiro atoms. The van der Waals surface area contributed by atoms with Crippen LogP contribution in [-0.2, 0) is 6.54 Å². The van der Waals surface area contributed by atoms with Crippen LogP contribution in [0.4, 0.5) is 14.5 Å². The Morgan fingerprint density at radius 3 is 2.12 bits per heavy atom. The molecule has 0 saturated carbocycles. The summed E-state index contributed by atoms with van der Waals surface area (Å²) in [7, 11) is 0. The van der Waals surface area contributed by atoms with E-state index in [-0.39, 0.29) is 34.9 Å². The molecule has 0 bridgehead atoms. The SMILES string of the molecule is O=C(NCc1cc(F)cc(F)c1)c1ncccc1NC(=O)c1cccc2ccccc12.O=c1oc(-c2cccc3ccccc23)nc2cccnc12. The molecule has 8 rings (SSSR count). The smallest absolute Gasteiger partial charge is 0.365 e. The van der Waals surface area contributed by atoms with Gasteiger partial charge in [-0.2, -0.15) is 0 Å². The highest BCUT2D eigenvalue weighted by Gasteiger charge is 2.17. The number of hydrogen-bond acceptors (Lipinski definition) is 7. The van der Waals surface area contributed by atoms with Crippen LogP contribution in [0.5, 0.6) is 0 Å². The zero-order valence-electron chi connectivity index (χ0n) is 27.2. The maximum atomic E-state index is 13.3. The van der Waals surface area contributed by atoms with Crippen LogP contribution in [0.25, 0.3) is 44.0 Å². The molecule has 254 valence electrons. The van der Waals surface area contributed by atoms with Crippen molar-refractivity contribution in [2.75, 3.05) is 5.32 Å². The third-order valence-electron chi connectivity index (χ3n) is 8.09. The van der Waals surface area contributed by atoms with E-state index >= 15 is 0 Å². The highest BCUT2D eigenvalue weighted by Crippen LogP contribution is 2.27. The van der Waals surface area contributed by atoms with E-state index in [4.69, 9.17) is 4.42 Å². The molecule has 52 heavy (non-hydrogen) atoms. The van der Waals surface area contributed by atoms with Gasteiger partial charge >= 0.3 is 5.63 Å². The first-order valence-electron chi connectivity index (χ1n) is 16.1. The standard InChI is InChI=1S/C24H17F2N3O2.C17H10N2O2/c25-17-11-15(12-18(26)13-17)14-28-24(31)22-21(9-4-10-27-22)29-23(30)20-8-3-6-16-5-1-2-7-19(16)20;20-17-15-14(9-4-10-18-15)19-16(21-17)13-8-3-6-11-5-1-2-7-12(11)13/h1-13H,14H2,(H,28,31)(H,29,30);1-10H. The van der Waals surface area contributed by atoms with E-state index < -0.39 is 23.2 Å². The first kappa shape index (κ1) is 33.4. The minimum atomic E-state index is -0.731. The molecule has 0 aliphatic carbocycles. The van der Waals surface area contributed by atoms with E-state index in [1.54, 1.807) is 42.6 Å². The third-order valence-corrected chi connectivity index (χ3v) is 8.09. The summed E-state index contributed by atoms with van der Waals surface area (Å²) >= 11 is 0. The monoisotopic (exact) mass is 691 g/mol. The molecule has 2 N–H and O–H groups in total. The van der Waals surface area contributed by atoms with Crippen LogP contribution in [0.3, 0.4) is 0 Å². The zero-order valence-corrected chi connectivity index (χ0v) is 27.2. The van der Waals surface area contributed by atoms with E-state index in [0.717, 1.165) is 45.3 Å². The molecule has 9 nitrogen and oxygen atoms in total. The number of rotatable bonds is 6. The van der Waals surface area contributed by atoms with Crippen molar-refractivity contribution < 1.29 is 22.8 Å². The van der Waals surface area contributed by atoms with Crippen molar-refractivity contribution in [1.82, 2.24) is 20.3 Å². The number of nitrogens with zero attached hydrogens (tertiary/aromatic N) is 3. The first-order valence-corrected chi connectivity index (χ1v) is 16.1. The van der Waals surface area contributed by atoms with Crippen molar-refractivity contribution in [3.8, 4) is 11.5 Å². The van der Waals surface area contributed by atoms with Gasteiger partial charge in [0.25, 0.3) is 11.8 Å². The van der Waals surface area contributed by atoms with Crippen LogP contribution in [0, 0.1) is 11.6 Å². The van der Waals surface area contributed by atoms with Crippen molar-refractivity contribution in [2.24, 2.45) is 0 Å². The van der Waals surface area contributed by atoms with Crippen LogP contribution in [0.15, 0.2) is 149 Å². The van der Waals surface area contributed by atoms with Crippen molar-refractivity contribution in [3.63, 3.8) is 0 Å². The lowest BCUT2D eigenvalue weighted by Crippen LogP contribution is -2.26. The summed E-state index contributed by atoms with van der Waals surface area (Å²) < 4.78 is 32.0. The molecule has 3 heterocycles. The second kappa shape index (κ2) is 14.8. The first-order chi connectivity index (χ1) is 25.3. The molecule has 0 fully saturated rings. The number of nitrogens with one attached hydrogen (secondary N) is 2. The Labute approximate surface area is 294 Å². The van der Waals surface area contributed by atoms with E-state index in [1.165, 1.54) is 6.20 Å². The van der Waals surface area contributed by atoms with Crippen LogP contribution < -0.4 is 16.3 Å². The number of benzene rings is 5. The maximum absolute atomic E-state index is 13.3. The number of halogens is 2. The lowest BCUT2D eigenvalue weighted by atomic mass is 10.0. The fourth-order valence-electron chi connectivity index (χ4n) is 5.72. The van der Waals surface area contributed by atoms with Gasteiger partial charge in [-0.25, -0.2) is 28.5 Å². The molecule has 0 atom stereocenters. The van der Waals surface area contributed by atoms with Gasteiger partial charge in [-0.1, -0.05) is 72.8 Å². The molecular weight excluding hydrogens is 664 g/mol. The van der Waals surface area contributed by atoms with Crippen molar-refractivity contribution in [3.05, 3.63) is 179 Å². The predicted octanol–water partition coefficient (Wildman–Crippen LogP) is 8.10. The average Bonchev–Trinajstić information content (AvgIpc) is 3.16. The number of carbonyl (C=O) groups excluding carboxylic acids is 2. The molecule has 0 radical (unpaired) electrons. The Balaban J connectivity index is 0.000000174. The largest absolute Gasteiger partial charge is 0.402 e. The molecule has 5 aromatic carbocycles. The normalized spacial score (nSPS) is 10.8. The minimum Gasteiger partial charge on any atom is -0.402 e. The highest BCUT2D eigenvalue weighted by atomic mass is 19.1. The Bertz CT molecular complexity index is 2650. The number of pyridine rings is 2. The molecule has 0 aliphatic heterocycles. The van der Waals surface area contributed by atoms with Gasteiger partial charge in [-0.3, -0.25) is 9.59 Å². The molecule has 8 aromatic rings. The van der Waals surface area contributed by atoms with E-state index in [1.807, 2.05) is 72.8 Å². The van der Waals surface area contributed by atoms with E-state index in [2.05, 4.69) is 25.6 Å². The molecule has 0 unspecified atom stereocenters. The van der Waals surface area contributed by atoms with Crippen molar-refractivity contribution >= 4 is 50.1 Å². The van der Waals surface area contributed by atoms with Crippen molar-refractivity contribution in [1.29, 1.82) is 0 Å². The lowest BCUT2D eigenvalue weighted by molar-refractivity contribution is 0.0946. The summed E-state index contributed by atoms with van der Waals surface area (Å²) in [6, 6.07) is 36.3. The van der Waals surface area contributed by atoms with Gasteiger partial charge in [0, 0.05) is 36.1 Å². The summed E-state index contributed by atoms with van der Waals surface area (Å²) in [6.07, 6.45) is 2.98. The zero-order chi connectivity index (χ0) is 36.0. The summed E-state index contributed by atoms with van der Waals surface area (Å²) in [6.45, 7) is -0.0964. The fourth-order valence-corrected chi connectivity index (χ4v) is 5.72. The van der Waals surface area contributed by atoms with Gasteiger partial charge in [0.1, 0.15) is 17.2 Å². The topological polar surface area (TPSA) is 127 Å². The second-order valence-electron chi connectivity index (χ2n) is 11.5. The van der Waals surface area contributed by atoms with Crippen LogP contribution in [0.2, 0.25) is 0 Å². The Morgan fingerprint density at radius 2 is 1.33 bits per heavy atom. The highest BCUT2D eigenvalue weighted by molar-refractivity contribution is 6.14. The summed E-state index contributed by atoms with van der Waals surface area (Å²) in [5.41, 5.74) is 2.07. The van der Waals surface area contributed by atoms with Crippen LogP contribution >= 0.6 is 0 Å². The number of hydrogen-bond donors (Lipinski definition) is 2. The number of carbonyl (C=O) groups is 2. The fraction of sp³-hybridized carbons (Fsp3) is 0.0244. The second-order valence-corrected chi connectivity index (χ2v) is 11.5. The average molecular weight is 692 g/mol. The number of anilines is 1. The van der Waals surface area contributed by atoms with Crippen LogP contribution in [0.1, 0.15) is 26.4 Å². The number of amides is 2. The quantitative estimate of drug-likeness (QED) is 0.180. The molecule has 0 saturated heterocycles. The van der Waals surface area contributed by atoms with Gasteiger partial charge in [-0.15, -0.1) is 0 Å². The van der Waals surface area contributed by atoms with Gasteiger partial charge in [0.15, 0.2) is 11.2 Å². The van der Waals surface area contributed by atoms with Gasteiger partial charge in [-0.05, 0) is 75.6 Å². The molecule has 11 heteroatoms.